The van der Waals surface area contributed by atoms with Crippen LogP contribution in [-0.2, 0) is 16.1 Å². The number of carbonyl (C=O) groups is 4. The summed E-state index contributed by atoms with van der Waals surface area (Å²) in [6.45, 7) is 1.95. The number of fused-ring (bicyclic) bond motifs is 1. The van der Waals surface area contributed by atoms with Gasteiger partial charge in [-0.15, -0.1) is 0 Å². The molecule has 2 fully saturated rings. The molecule has 4 amide bonds. The molecule has 0 radical (unpaired) electrons. The zero-order valence-electron chi connectivity index (χ0n) is 15.6. The number of hydrogen-bond acceptors (Lipinski definition) is 6. The van der Waals surface area contributed by atoms with E-state index in [-0.39, 0.29) is 24.2 Å². The van der Waals surface area contributed by atoms with Crippen LogP contribution in [0.15, 0.2) is 18.2 Å². The van der Waals surface area contributed by atoms with Gasteiger partial charge in [0, 0.05) is 13.0 Å². The van der Waals surface area contributed by atoms with E-state index >= 15 is 0 Å². The van der Waals surface area contributed by atoms with Crippen LogP contribution in [0.1, 0.15) is 58.4 Å². The number of piperidine rings is 1. The number of rotatable bonds is 7. The molecule has 0 bridgehead atoms. The lowest BCUT2D eigenvalue weighted by Crippen LogP contribution is -2.54. The molecular weight excluding hydrogens is 360 g/mol. The van der Waals surface area contributed by atoms with Gasteiger partial charge in [0.1, 0.15) is 6.04 Å². The van der Waals surface area contributed by atoms with Crippen LogP contribution in [0, 0.1) is 5.41 Å². The lowest BCUT2D eigenvalue weighted by molar-refractivity contribution is -0.136. The molecule has 148 valence electrons. The Morgan fingerprint density at radius 2 is 1.96 bits per heavy atom. The van der Waals surface area contributed by atoms with Crippen molar-refractivity contribution in [1.82, 2.24) is 15.5 Å². The van der Waals surface area contributed by atoms with Gasteiger partial charge >= 0.3 is 0 Å². The smallest absolute Gasteiger partial charge is 0.262 e. The van der Waals surface area contributed by atoms with Crippen LogP contribution in [-0.4, -0.2) is 47.7 Å². The first-order chi connectivity index (χ1) is 13.5. The molecule has 1 aromatic rings. The summed E-state index contributed by atoms with van der Waals surface area (Å²) in [4.78, 5) is 50.3. The average Bonchev–Trinajstić information content (AvgIpc) is 3.42. The van der Waals surface area contributed by atoms with E-state index in [0.29, 0.717) is 24.2 Å². The molecule has 4 N–H and O–H groups in total. The summed E-state index contributed by atoms with van der Waals surface area (Å²) >= 11 is 0. The second kappa shape index (κ2) is 7.10. The van der Waals surface area contributed by atoms with Crippen LogP contribution in [0.25, 0.3) is 0 Å². The Hall–Kier alpha value is -2.58. The van der Waals surface area contributed by atoms with E-state index in [1.54, 1.807) is 12.1 Å². The van der Waals surface area contributed by atoms with Crippen molar-refractivity contribution in [2.75, 3.05) is 13.1 Å². The van der Waals surface area contributed by atoms with Crippen molar-refractivity contribution in [1.29, 1.82) is 0 Å². The normalized spacial score (nSPS) is 23.0. The first-order valence-corrected chi connectivity index (χ1v) is 9.70. The van der Waals surface area contributed by atoms with E-state index in [9.17, 15) is 19.2 Å². The molecule has 1 aromatic carbocycles. The van der Waals surface area contributed by atoms with Crippen LogP contribution in [0.2, 0.25) is 0 Å². The van der Waals surface area contributed by atoms with Gasteiger partial charge in [0.25, 0.3) is 11.8 Å². The number of imide groups is 2. The summed E-state index contributed by atoms with van der Waals surface area (Å²) in [5, 5.41) is 5.55. The van der Waals surface area contributed by atoms with Crippen LogP contribution in [0.5, 0.6) is 0 Å². The molecule has 1 saturated heterocycles. The van der Waals surface area contributed by atoms with E-state index in [0.717, 1.165) is 23.4 Å². The molecule has 0 spiro atoms. The maximum atomic E-state index is 13.0. The van der Waals surface area contributed by atoms with Crippen LogP contribution in [0.4, 0.5) is 0 Å². The third kappa shape index (κ3) is 3.22. The van der Waals surface area contributed by atoms with Gasteiger partial charge < -0.3 is 11.1 Å². The minimum absolute atomic E-state index is 0.112. The number of nitrogens with one attached hydrogen (secondary N) is 2. The molecule has 8 heteroatoms. The van der Waals surface area contributed by atoms with Gasteiger partial charge in [0.2, 0.25) is 11.8 Å². The average molecular weight is 384 g/mol. The molecule has 0 aromatic heterocycles. The number of hydrogen-bond donors (Lipinski definition) is 3. The molecular formula is C20H24N4O4. The fourth-order valence-corrected chi connectivity index (χ4v) is 4.04. The molecule has 1 saturated carbocycles. The third-order valence-electron chi connectivity index (χ3n) is 6.09. The first kappa shape index (κ1) is 18.8. The number of amides is 4. The minimum Gasteiger partial charge on any atom is -0.330 e. The standard InChI is InChI=1S/C20H24N4O4/c21-11-20(6-7-20)8-9-22-10-12-2-1-3-13-16(12)19(28)24(18(13)27)14-4-5-15(25)23-17(14)26/h1-3,14,22H,4-11,21H2,(H,23,25,26). The topological polar surface area (TPSA) is 122 Å². The summed E-state index contributed by atoms with van der Waals surface area (Å²) < 4.78 is 0. The van der Waals surface area contributed by atoms with Crippen molar-refractivity contribution in [3.63, 3.8) is 0 Å². The predicted octanol–water partition coefficient (Wildman–Crippen LogP) is 0.306. The van der Waals surface area contributed by atoms with Crippen molar-refractivity contribution >= 4 is 23.6 Å². The van der Waals surface area contributed by atoms with Crippen LogP contribution < -0.4 is 16.4 Å². The summed E-state index contributed by atoms with van der Waals surface area (Å²) in [7, 11) is 0. The monoisotopic (exact) mass is 384 g/mol. The number of carbonyl (C=O) groups excluding carboxylic acids is 4. The fourth-order valence-electron chi connectivity index (χ4n) is 4.04. The Kier molecular flexibility index (Phi) is 4.76. The van der Waals surface area contributed by atoms with Crippen molar-refractivity contribution in [2.45, 2.75) is 44.7 Å². The first-order valence-electron chi connectivity index (χ1n) is 9.70. The number of nitrogens with zero attached hydrogens (tertiary/aromatic N) is 1. The predicted molar refractivity (Wildman–Crippen MR) is 100 cm³/mol. The highest BCUT2D eigenvalue weighted by Crippen LogP contribution is 2.47. The maximum absolute atomic E-state index is 13.0. The van der Waals surface area contributed by atoms with Gasteiger partial charge in [-0.05, 0) is 55.8 Å². The van der Waals surface area contributed by atoms with E-state index in [2.05, 4.69) is 10.6 Å². The zero-order chi connectivity index (χ0) is 19.9. The quantitative estimate of drug-likeness (QED) is 0.459. The zero-order valence-corrected chi connectivity index (χ0v) is 15.6. The molecule has 1 aliphatic carbocycles. The summed E-state index contributed by atoms with van der Waals surface area (Å²) in [5.41, 5.74) is 7.49. The Bertz CT molecular complexity index is 862. The Morgan fingerprint density at radius 1 is 1.18 bits per heavy atom. The summed E-state index contributed by atoms with van der Waals surface area (Å²) in [5.74, 6) is -1.92. The van der Waals surface area contributed by atoms with Crippen molar-refractivity contribution < 1.29 is 19.2 Å². The Balaban J connectivity index is 1.48. The van der Waals surface area contributed by atoms with Crippen molar-refractivity contribution in [3.8, 4) is 0 Å². The SMILES string of the molecule is NCC1(CCNCc2cccc3c2C(=O)N(C2CCC(=O)NC2=O)C3=O)CC1. The van der Waals surface area contributed by atoms with E-state index < -0.39 is 23.8 Å². The fraction of sp³-hybridized carbons (Fsp3) is 0.500. The molecule has 3 aliphatic rings. The number of benzene rings is 1. The van der Waals surface area contributed by atoms with Crippen molar-refractivity contribution in [3.05, 3.63) is 34.9 Å². The molecule has 8 nitrogen and oxygen atoms in total. The van der Waals surface area contributed by atoms with Crippen molar-refractivity contribution in [2.24, 2.45) is 11.1 Å². The summed E-state index contributed by atoms with van der Waals surface area (Å²) in [6, 6.07) is 4.24. The van der Waals surface area contributed by atoms with Gasteiger partial charge in [-0.2, -0.15) is 0 Å². The Labute approximate surface area is 162 Å². The highest BCUT2D eigenvalue weighted by molar-refractivity contribution is 6.24. The van der Waals surface area contributed by atoms with E-state index in [4.69, 9.17) is 5.73 Å². The molecule has 1 atom stereocenters. The second-order valence-electron chi connectivity index (χ2n) is 7.92. The maximum Gasteiger partial charge on any atom is 0.262 e. The summed E-state index contributed by atoms with van der Waals surface area (Å²) in [6.07, 6.45) is 3.60. The van der Waals surface area contributed by atoms with Crippen LogP contribution >= 0.6 is 0 Å². The molecule has 28 heavy (non-hydrogen) atoms. The molecule has 2 aliphatic heterocycles. The van der Waals surface area contributed by atoms with E-state index in [1.165, 1.54) is 12.8 Å². The Morgan fingerprint density at radius 3 is 2.64 bits per heavy atom. The molecule has 4 rings (SSSR count). The second-order valence-corrected chi connectivity index (χ2v) is 7.92. The number of nitrogens with two attached hydrogens (primary N) is 1. The minimum atomic E-state index is -0.940. The van der Waals surface area contributed by atoms with E-state index in [1.807, 2.05) is 6.07 Å². The lowest BCUT2D eigenvalue weighted by atomic mass is 10.0. The van der Waals surface area contributed by atoms with Gasteiger partial charge in [0.15, 0.2) is 0 Å². The molecule has 2 heterocycles. The van der Waals surface area contributed by atoms with Crippen LogP contribution in [0.3, 0.4) is 0 Å². The lowest BCUT2D eigenvalue weighted by Gasteiger charge is -2.27. The van der Waals surface area contributed by atoms with Gasteiger partial charge in [-0.25, -0.2) is 0 Å². The highest BCUT2D eigenvalue weighted by atomic mass is 16.2. The van der Waals surface area contributed by atoms with Gasteiger partial charge in [0.05, 0.1) is 11.1 Å². The molecule has 1 unspecified atom stereocenters. The van der Waals surface area contributed by atoms with Gasteiger partial charge in [-0.1, -0.05) is 12.1 Å². The highest BCUT2D eigenvalue weighted by Gasteiger charge is 2.45. The third-order valence-corrected chi connectivity index (χ3v) is 6.09. The largest absolute Gasteiger partial charge is 0.330 e. The van der Waals surface area contributed by atoms with Gasteiger partial charge in [-0.3, -0.25) is 29.4 Å².